The maximum absolute atomic E-state index is 10.1. The van der Waals surface area contributed by atoms with Gasteiger partial charge in [-0.25, -0.2) is 4.85 Å². The van der Waals surface area contributed by atoms with Gasteiger partial charge in [-0.1, -0.05) is 158 Å². The number of nitriles is 1. The first-order chi connectivity index (χ1) is 40.1. The second-order valence-electron chi connectivity index (χ2n) is 21.6. The lowest BCUT2D eigenvalue weighted by atomic mass is 9.70. The maximum Gasteiger partial charge on any atom is 0.187 e. The number of hydrogen-bond acceptors (Lipinski definition) is 5. The van der Waals surface area contributed by atoms with Gasteiger partial charge in [0.15, 0.2) is 11.3 Å². The summed E-state index contributed by atoms with van der Waals surface area (Å²) in [5.74, 6) is 0.910. The van der Waals surface area contributed by atoms with Crippen LogP contribution < -0.4 is 14.5 Å². The lowest BCUT2D eigenvalue weighted by Crippen LogP contribution is -2.33. The van der Waals surface area contributed by atoms with E-state index in [2.05, 4.69) is 221 Å². The molecule has 1 aliphatic heterocycles. The van der Waals surface area contributed by atoms with Gasteiger partial charge in [0.2, 0.25) is 0 Å². The Morgan fingerprint density at radius 3 is 1.77 bits per heavy atom. The number of hydrogen-bond donors (Lipinski definition) is 0. The molecule has 4 aliphatic rings. The fraction of sp³-hybridized carbons (Fsp3) is 0.0400. The van der Waals surface area contributed by atoms with Crippen molar-refractivity contribution in [3.8, 4) is 34.1 Å². The first-order valence-electron chi connectivity index (χ1n) is 27.5. The number of fused-ring (bicyclic) bond motifs is 22. The van der Waals surface area contributed by atoms with Gasteiger partial charge in [0.25, 0.3) is 0 Å². The van der Waals surface area contributed by atoms with E-state index in [4.69, 9.17) is 15.7 Å². The number of allylic oxidation sites excluding steroid dienone is 2. The Labute approximate surface area is 467 Å². The molecule has 376 valence electrons. The quantitative estimate of drug-likeness (QED) is 0.123. The fourth-order valence-corrected chi connectivity index (χ4v) is 14.2. The van der Waals surface area contributed by atoms with Crippen LogP contribution in [0.15, 0.2) is 265 Å². The van der Waals surface area contributed by atoms with Crippen LogP contribution >= 0.6 is 0 Å². The van der Waals surface area contributed by atoms with Crippen molar-refractivity contribution in [1.82, 2.24) is 0 Å². The summed E-state index contributed by atoms with van der Waals surface area (Å²) in [6.45, 7) is 7.91. The summed E-state index contributed by atoms with van der Waals surface area (Å²) >= 11 is 0. The van der Waals surface area contributed by atoms with E-state index < -0.39 is 5.41 Å². The monoisotopic (exact) mass is 1030 g/mol. The van der Waals surface area contributed by atoms with Crippen molar-refractivity contribution in [2.75, 3.05) is 9.80 Å². The topological polar surface area (TPSA) is 57.0 Å². The Morgan fingerprint density at radius 1 is 0.469 bits per heavy atom. The number of anilines is 5. The van der Waals surface area contributed by atoms with Gasteiger partial charge in [-0.3, -0.25) is 0 Å². The highest BCUT2D eigenvalue weighted by Crippen LogP contribution is 2.65. The average molecular weight is 1030 g/mol. The third-order valence-corrected chi connectivity index (χ3v) is 17.6. The second kappa shape index (κ2) is 17.0. The summed E-state index contributed by atoms with van der Waals surface area (Å²) in [6.07, 6.45) is 6.32. The van der Waals surface area contributed by atoms with E-state index in [-0.39, 0.29) is 12.0 Å². The Hall–Kier alpha value is -10.9. The molecule has 3 unspecified atom stereocenters. The minimum absolute atomic E-state index is 0.0178. The molecule has 1 aromatic heterocycles. The normalized spacial score (nSPS) is 16.8. The summed E-state index contributed by atoms with van der Waals surface area (Å²) in [5, 5.41) is 19.5. The standard InChI is InChI=1S/C75H44N4O2/c1-77-46-30-34-48(35-31-46)79(70-25-13-22-61-59-20-8-11-27-72(59)81-74(61)70)50-37-39-57-56-38-36-49(78(47-32-28-45(44-76)29-33-47)69-24-12-21-60-58-19-7-10-26-71(58)80-73(60)69)40-66(56)75(67(57)41-50)65-23-9-6-18-55(65)64-42-62-53-16-4-2-14-51(53)52-15-3-5-17-54(52)63(62)43-68(64)75/h2-43,60,73H. The van der Waals surface area contributed by atoms with E-state index in [9.17, 15) is 5.26 Å². The number of furan rings is 1. The van der Waals surface area contributed by atoms with Gasteiger partial charge in [-0.05, 0) is 174 Å². The average Bonchev–Trinajstić information content (AvgIpc) is 3.37. The molecule has 0 N–H and O–H groups in total. The molecule has 0 bridgehead atoms. The highest BCUT2D eigenvalue weighted by Gasteiger charge is 2.53. The SMILES string of the molecule is [C-]#[N+]c1ccc(N(c2ccc3c(c2)C2(c4ccccc4-c4cc5c6ccccc6c6ccccc6c5cc42)c2cc(N(C4=CC=CC5c6ccccc6OC45)c4ccc(C#N)cc4)ccc2-3)c2cccc3c2oc2ccccc23)cc1. The van der Waals surface area contributed by atoms with Crippen LogP contribution in [0, 0.1) is 17.9 Å². The van der Waals surface area contributed by atoms with E-state index in [0.717, 1.165) is 72.9 Å². The third-order valence-electron chi connectivity index (χ3n) is 17.6. The number of nitrogens with zero attached hydrogens (tertiary/aromatic N) is 4. The fourth-order valence-electron chi connectivity index (χ4n) is 14.2. The Kier molecular flexibility index (Phi) is 9.49. The molecule has 3 aliphatic carbocycles. The van der Waals surface area contributed by atoms with Gasteiger partial charge in [-0.2, -0.15) is 5.26 Å². The summed E-state index contributed by atoms with van der Waals surface area (Å²) < 4.78 is 13.8. The van der Waals surface area contributed by atoms with E-state index in [0.29, 0.717) is 11.3 Å². The summed E-state index contributed by atoms with van der Waals surface area (Å²) in [5.41, 5.74) is 18.3. The minimum atomic E-state index is -0.825. The molecule has 0 saturated heterocycles. The van der Waals surface area contributed by atoms with Gasteiger partial charge >= 0.3 is 0 Å². The number of para-hydroxylation sites is 3. The lowest BCUT2D eigenvalue weighted by molar-refractivity contribution is 0.253. The lowest BCUT2D eigenvalue weighted by Gasteiger charge is -2.36. The molecule has 0 fully saturated rings. The molecule has 0 amide bonds. The van der Waals surface area contributed by atoms with Crippen LogP contribution in [-0.2, 0) is 5.41 Å². The van der Waals surface area contributed by atoms with Crippen LogP contribution in [0.5, 0.6) is 5.75 Å². The predicted octanol–water partition coefficient (Wildman–Crippen LogP) is 19.4. The van der Waals surface area contributed by atoms with Gasteiger partial charge < -0.3 is 19.0 Å². The zero-order valence-electron chi connectivity index (χ0n) is 43.5. The first-order valence-corrected chi connectivity index (χ1v) is 27.5. The Morgan fingerprint density at radius 2 is 1.04 bits per heavy atom. The molecule has 3 atom stereocenters. The van der Waals surface area contributed by atoms with E-state index >= 15 is 0 Å². The van der Waals surface area contributed by atoms with Gasteiger partial charge in [0, 0.05) is 45.0 Å². The van der Waals surface area contributed by atoms with Crippen LogP contribution in [0.1, 0.15) is 39.3 Å². The molecule has 13 aromatic rings. The highest BCUT2D eigenvalue weighted by atomic mass is 16.5. The summed E-state index contributed by atoms with van der Waals surface area (Å²) in [6, 6.07) is 87.0. The first kappa shape index (κ1) is 45.1. The maximum atomic E-state index is 10.1. The molecule has 0 saturated carbocycles. The van der Waals surface area contributed by atoms with Crippen molar-refractivity contribution in [2.24, 2.45) is 0 Å². The van der Waals surface area contributed by atoms with Crippen molar-refractivity contribution < 1.29 is 9.15 Å². The number of ether oxygens (including phenoxy) is 1. The van der Waals surface area contributed by atoms with Crippen molar-refractivity contribution in [2.45, 2.75) is 17.4 Å². The van der Waals surface area contributed by atoms with Crippen molar-refractivity contribution in [1.29, 1.82) is 5.26 Å². The predicted molar refractivity (Wildman–Crippen MR) is 328 cm³/mol. The second-order valence-corrected chi connectivity index (χ2v) is 21.6. The summed E-state index contributed by atoms with van der Waals surface area (Å²) in [7, 11) is 0. The van der Waals surface area contributed by atoms with Crippen LogP contribution in [0.4, 0.5) is 34.1 Å². The minimum Gasteiger partial charge on any atom is -0.483 e. The molecule has 6 nitrogen and oxygen atoms in total. The zero-order chi connectivity index (χ0) is 53.5. The van der Waals surface area contributed by atoms with E-state index in [1.165, 1.54) is 71.3 Å². The Balaban J connectivity index is 0.961. The van der Waals surface area contributed by atoms with Crippen LogP contribution in [0.2, 0.25) is 0 Å². The molecule has 1 spiro atoms. The van der Waals surface area contributed by atoms with Crippen molar-refractivity contribution in [3.63, 3.8) is 0 Å². The molecule has 2 heterocycles. The molecular weight excluding hydrogens is 989 g/mol. The van der Waals surface area contributed by atoms with Crippen molar-refractivity contribution >= 4 is 88.4 Å². The third kappa shape index (κ3) is 6.30. The van der Waals surface area contributed by atoms with Gasteiger partial charge in [0.05, 0.1) is 35.0 Å². The number of rotatable bonds is 6. The van der Waals surface area contributed by atoms with Crippen LogP contribution in [0.25, 0.3) is 81.4 Å². The molecule has 81 heavy (non-hydrogen) atoms. The molecular formula is C75H44N4O2. The van der Waals surface area contributed by atoms with E-state index in [1.54, 1.807) is 0 Å². The molecule has 17 rings (SSSR count). The van der Waals surface area contributed by atoms with E-state index in [1.807, 2.05) is 54.6 Å². The highest BCUT2D eigenvalue weighted by molar-refractivity contribution is 6.26. The molecule has 12 aromatic carbocycles. The summed E-state index contributed by atoms with van der Waals surface area (Å²) in [4.78, 5) is 8.45. The van der Waals surface area contributed by atoms with Gasteiger partial charge in [0.1, 0.15) is 17.4 Å². The smallest absolute Gasteiger partial charge is 0.187 e. The van der Waals surface area contributed by atoms with Crippen LogP contribution in [0.3, 0.4) is 0 Å². The van der Waals surface area contributed by atoms with Gasteiger partial charge in [-0.15, -0.1) is 0 Å². The van der Waals surface area contributed by atoms with Crippen molar-refractivity contribution in [3.05, 3.63) is 305 Å². The molecule has 0 radical (unpaired) electrons. The van der Waals surface area contributed by atoms with Crippen LogP contribution in [-0.4, -0.2) is 6.10 Å². The number of benzene rings is 12. The largest absolute Gasteiger partial charge is 0.483 e. The Bertz CT molecular complexity index is 5030. The molecule has 6 heteroatoms. The zero-order valence-corrected chi connectivity index (χ0v) is 43.5.